The third kappa shape index (κ3) is 3.80. The second-order valence-electron chi connectivity index (χ2n) is 4.35. The van der Waals surface area contributed by atoms with Crippen LogP contribution in [-0.4, -0.2) is 6.04 Å². The molecule has 4 heteroatoms. The first-order valence-electron chi connectivity index (χ1n) is 5.83. The van der Waals surface area contributed by atoms with Crippen LogP contribution in [0.15, 0.2) is 35.0 Å². The largest absolute Gasteiger partial charge is 0.310 e. The highest BCUT2D eigenvalue weighted by molar-refractivity contribution is 7.07. The number of hydrogen-bond acceptors (Lipinski definition) is 2. The molecule has 96 valence electrons. The first-order chi connectivity index (χ1) is 8.65. The van der Waals surface area contributed by atoms with Crippen molar-refractivity contribution in [2.75, 3.05) is 0 Å². The summed E-state index contributed by atoms with van der Waals surface area (Å²) >= 11 is 7.69. The summed E-state index contributed by atoms with van der Waals surface area (Å²) in [6, 6.07) is 7.00. The van der Waals surface area contributed by atoms with E-state index in [1.165, 1.54) is 17.7 Å². The van der Waals surface area contributed by atoms with Crippen molar-refractivity contribution in [2.45, 2.75) is 25.9 Å². The Morgan fingerprint density at radius 1 is 1.39 bits per heavy atom. The topological polar surface area (TPSA) is 12.0 Å². The molecule has 1 heterocycles. The number of halogens is 2. The van der Waals surface area contributed by atoms with Crippen molar-refractivity contribution in [3.05, 3.63) is 57.0 Å². The van der Waals surface area contributed by atoms with E-state index in [0.717, 1.165) is 12.0 Å². The maximum Gasteiger partial charge on any atom is 0.124 e. The van der Waals surface area contributed by atoms with Crippen LogP contribution in [0.5, 0.6) is 0 Å². The molecule has 2 rings (SSSR count). The molecule has 1 aromatic heterocycles. The number of nitrogens with one attached hydrogen (secondary N) is 1. The van der Waals surface area contributed by atoms with E-state index in [4.69, 9.17) is 11.6 Å². The molecule has 1 aromatic carbocycles. The zero-order chi connectivity index (χ0) is 13.0. The third-order valence-corrected chi connectivity index (χ3v) is 3.86. The van der Waals surface area contributed by atoms with Crippen LogP contribution in [0.1, 0.15) is 18.1 Å². The Labute approximate surface area is 116 Å². The number of benzene rings is 1. The van der Waals surface area contributed by atoms with Crippen molar-refractivity contribution in [1.82, 2.24) is 5.32 Å². The smallest absolute Gasteiger partial charge is 0.124 e. The molecule has 0 spiro atoms. The lowest BCUT2D eigenvalue weighted by Gasteiger charge is -2.13. The van der Waals surface area contributed by atoms with Crippen molar-refractivity contribution in [3.63, 3.8) is 0 Å². The van der Waals surface area contributed by atoms with Gasteiger partial charge in [-0.05, 0) is 53.4 Å². The Balaban J connectivity index is 1.87. The molecule has 0 aliphatic heterocycles. The normalized spacial score (nSPS) is 12.6. The summed E-state index contributed by atoms with van der Waals surface area (Å²) in [5, 5.41) is 8.11. The van der Waals surface area contributed by atoms with Gasteiger partial charge in [0.2, 0.25) is 0 Å². The number of thiophene rings is 1. The van der Waals surface area contributed by atoms with E-state index in [9.17, 15) is 4.39 Å². The minimum Gasteiger partial charge on any atom is -0.310 e. The lowest BCUT2D eigenvalue weighted by molar-refractivity contribution is 0.545. The molecule has 18 heavy (non-hydrogen) atoms. The summed E-state index contributed by atoms with van der Waals surface area (Å²) < 4.78 is 12.9. The predicted molar refractivity (Wildman–Crippen MR) is 75.7 cm³/mol. The summed E-state index contributed by atoms with van der Waals surface area (Å²) in [5.41, 5.74) is 2.26. The SMILES string of the molecule is CC(Cc1ccsc1)NCc1ccc(F)cc1Cl. The van der Waals surface area contributed by atoms with E-state index in [0.29, 0.717) is 17.6 Å². The third-order valence-electron chi connectivity index (χ3n) is 2.78. The summed E-state index contributed by atoms with van der Waals surface area (Å²) in [6.45, 7) is 2.79. The van der Waals surface area contributed by atoms with Crippen LogP contribution in [-0.2, 0) is 13.0 Å². The van der Waals surface area contributed by atoms with E-state index < -0.39 is 0 Å². The Morgan fingerprint density at radius 2 is 2.22 bits per heavy atom. The molecule has 0 aliphatic rings. The Hall–Kier alpha value is -0.900. The van der Waals surface area contributed by atoms with Gasteiger partial charge in [-0.2, -0.15) is 11.3 Å². The van der Waals surface area contributed by atoms with Gasteiger partial charge in [-0.3, -0.25) is 0 Å². The first kappa shape index (κ1) is 13.5. The monoisotopic (exact) mass is 283 g/mol. The molecule has 0 saturated carbocycles. The van der Waals surface area contributed by atoms with Crippen LogP contribution in [0, 0.1) is 5.82 Å². The van der Waals surface area contributed by atoms with E-state index >= 15 is 0 Å². The van der Waals surface area contributed by atoms with Gasteiger partial charge in [-0.25, -0.2) is 4.39 Å². The highest BCUT2D eigenvalue weighted by atomic mass is 35.5. The Bertz CT molecular complexity index is 499. The molecule has 0 bridgehead atoms. The fourth-order valence-corrected chi connectivity index (χ4v) is 2.70. The van der Waals surface area contributed by atoms with Crippen molar-refractivity contribution >= 4 is 22.9 Å². The average Bonchev–Trinajstić information content (AvgIpc) is 2.80. The van der Waals surface area contributed by atoms with Crippen molar-refractivity contribution < 1.29 is 4.39 Å². The molecule has 1 N–H and O–H groups in total. The highest BCUT2D eigenvalue weighted by Crippen LogP contribution is 2.17. The van der Waals surface area contributed by atoms with E-state index in [1.54, 1.807) is 17.4 Å². The minimum absolute atomic E-state index is 0.296. The molecule has 0 fully saturated rings. The Morgan fingerprint density at radius 3 is 2.89 bits per heavy atom. The number of rotatable bonds is 5. The number of hydrogen-bond donors (Lipinski definition) is 1. The molecule has 0 aliphatic carbocycles. The summed E-state index contributed by atoms with van der Waals surface area (Å²) in [5.74, 6) is -0.296. The minimum atomic E-state index is -0.296. The van der Waals surface area contributed by atoms with E-state index in [1.807, 2.05) is 0 Å². The van der Waals surface area contributed by atoms with Crippen LogP contribution in [0.2, 0.25) is 5.02 Å². The molecule has 0 saturated heterocycles. The van der Waals surface area contributed by atoms with Gasteiger partial charge in [0.25, 0.3) is 0 Å². The second kappa shape index (κ2) is 6.32. The van der Waals surface area contributed by atoms with Gasteiger partial charge < -0.3 is 5.32 Å². The standard InChI is InChI=1S/C14H15ClFNS/c1-10(6-11-4-5-18-9-11)17-8-12-2-3-13(16)7-14(12)15/h2-5,7,9-10,17H,6,8H2,1H3. The van der Waals surface area contributed by atoms with Crippen LogP contribution in [0.25, 0.3) is 0 Å². The highest BCUT2D eigenvalue weighted by Gasteiger charge is 2.06. The molecule has 1 nitrogen and oxygen atoms in total. The lowest BCUT2D eigenvalue weighted by atomic mass is 10.1. The fourth-order valence-electron chi connectivity index (χ4n) is 1.78. The zero-order valence-corrected chi connectivity index (χ0v) is 11.7. The summed E-state index contributed by atoms with van der Waals surface area (Å²) in [7, 11) is 0. The summed E-state index contributed by atoms with van der Waals surface area (Å²) in [6.07, 6.45) is 0.988. The van der Waals surface area contributed by atoms with Gasteiger partial charge >= 0.3 is 0 Å². The molecule has 0 amide bonds. The van der Waals surface area contributed by atoms with E-state index in [-0.39, 0.29) is 5.82 Å². The molecule has 0 radical (unpaired) electrons. The van der Waals surface area contributed by atoms with Gasteiger partial charge in [-0.1, -0.05) is 17.7 Å². The van der Waals surface area contributed by atoms with E-state index in [2.05, 4.69) is 29.1 Å². The van der Waals surface area contributed by atoms with Gasteiger partial charge in [0.1, 0.15) is 5.82 Å². The molecular weight excluding hydrogens is 269 g/mol. The Kier molecular flexibility index (Phi) is 4.75. The molecule has 2 aromatic rings. The maximum absolute atomic E-state index is 12.9. The summed E-state index contributed by atoms with van der Waals surface area (Å²) in [4.78, 5) is 0. The average molecular weight is 284 g/mol. The lowest BCUT2D eigenvalue weighted by Crippen LogP contribution is -2.27. The maximum atomic E-state index is 12.9. The van der Waals surface area contributed by atoms with Crippen LogP contribution >= 0.6 is 22.9 Å². The van der Waals surface area contributed by atoms with Crippen LogP contribution in [0.4, 0.5) is 4.39 Å². The molecule has 1 atom stereocenters. The fraction of sp³-hybridized carbons (Fsp3) is 0.286. The van der Waals surface area contributed by atoms with Crippen molar-refractivity contribution in [2.24, 2.45) is 0 Å². The van der Waals surface area contributed by atoms with Gasteiger partial charge in [-0.15, -0.1) is 0 Å². The molecule has 1 unspecified atom stereocenters. The van der Waals surface area contributed by atoms with Crippen LogP contribution < -0.4 is 5.32 Å². The first-order valence-corrected chi connectivity index (χ1v) is 7.15. The van der Waals surface area contributed by atoms with Gasteiger partial charge in [0, 0.05) is 17.6 Å². The van der Waals surface area contributed by atoms with Crippen LogP contribution in [0.3, 0.4) is 0 Å². The van der Waals surface area contributed by atoms with Gasteiger partial charge in [0.15, 0.2) is 0 Å². The predicted octanol–water partition coefficient (Wildman–Crippen LogP) is 4.26. The van der Waals surface area contributed by atoms with Crippen molar-refractivity contribution in [1.29, 1.82) is 0 Å². The van der Waals surface area contributed by atoms with Gasteiger partial charge in [0.05, 0.1) is 0 Å². The van der Waals surface area contributed by atoms with Crippen molar-refractivity contribution in [3.8, 4) is 0 Å². The molecular formula is C14H15ClFNS. The second-order valence-corrected chi connectivity index (χ2v) is 5.54. The quantitative estimate of drug-likeness (QED) is 0.864. The zero-order valence-electron chi connectivity index (χ0n) is 10.1.